The molecule has 145 heavy (non-hydrogen) atoms. The predicted octanol–water partition coefficient (Wildman–Crippen LogP) is 12.8. The van der Waals surface area contributed by atoms with Gasteiger partial charge in [-0.25, -0.2) is 40.9 Å². The molecule has 2 fully saturated rings. The van der Waals surface area contributed by atoms with Gasteiger partial charge in [0.2, 0.25) is 0 Å². The van der Waals surface area contributed by atoms with Gasteiger partial charge in [0.25, 0.3) is 35.4 Å². The monoisotopic (exact) mass is 2090 g/mol. The minimum absolute atomic E-state index is 0. The smallest absolute Gasteiger partial charge is 0.870 e. The molecule has 0 bridgehead atoms. The first-order chi connectivity index (χ1) is 68.2. The van der Waals surface area contributed by atoms with E-state index in [0.29, 0.717) is 115 Å². The number of amides is 6. The molecule has 0 aliphatic carbocycles. The number of rotatable bonds is 15. The zero-order chi connectivity index (χ0) is 99.2. The third-order valence-electron chi connectivity index (χ3n) is 24.7. The minimum atomic E-state index is -1.05. The number of carboxylic acids is 2. The summed E-state index contributed by atoms with van der Waals surface area (Å²) in [6, 6.07) is 48.2. The van der Waals surface area contributed by atoms with Crippen LogP contribution in [0.5, 0.6) is 0 Å². The number of hydrogen-bond donors (Lipinski definition) is 7. The van der Waals surface area contributed by atoms with E-state index in [-0.39, 0.29) is 97.1 Å². The van der Waals surface area contributed by atoms with Crippen molar-refractivity contribution in [2.24, 2.45) is 5.90 Å². The second-order valence-electron chi connectivity index (χ2n) is 33.8. The van der Waals surface area contributed by atoms with Gasteiger partial charge in [-0.15, -0.1) is 69.1 Å². The van der Waals surface area contributed by atoms with Crippen LogP contribution in [0, 0.1) is 34.6 Å². The number of esters is 2. The van der Waals surface area contributed by atoms with Crippen LogP contribution in [0.1, 0.15) is 217 Å². The summed E-state index contributed by atoms with van der Waals surface area (Å²) in [4.78, 5) is 142. The average Bonchev–Trinajstić information content (AvgIpc) is 1.65. The molecule has 38 nitrogen and oxygen atoms in total. The maximum atomic E-state index is 13.2. The van der Waals surface area contributed by atoms with Crippen LogP contribution in [-0.2, 0) is 94.1 Å². The fraction of sp³-hybridized carbons (Fsp3) is 0.350. The van der Waals surface area contributed by atoms with Crippen molar-refractivity contribution >= 4 is 179 Å². The van der Waals surface area contributed by atoms with Crippen molar-refractivity contribution in [3.63, 3.8) is 0 Å². The molecular formula is C100H112ClLiN18O20S5. The fourth-order valence-electron chi connectivity index (χ4n) is 17.2. The van der Waals surface area contributed by atoms with Crippen LogP contribution in [0.25, 0.3) is 50.4 Å². The molecule has 0 spiro atoms. The zero-order valence-corrected chi connectivity index (χ0v) is 85.3. The number of thiophene rings is 5. The molecule has 2 saturated heterocycles. The molecule has 6 amide bonds. The summed E-state index contributed by atoms with van der Waals surface area (Å²) in [5.74, 6) is 1.23. The van der Waals surface area contributed by atoms with Crippen molar-refractivity contribution in [1.82, 2.24) is 84.8 Å². The molecule has 9 N–H and O–H groups in total. The van der Waals surface area contributed by atoms with Crippen LogP contribution >= 0.6 is 69.1 Å². The summed E-state index contributed by atoms with van der Waals surface area (Å²) in [6.07, 6.45) is 5.49. The van der Waals surface area contributed by atoms with Gasteiger partial charge in [-0.05, 0) is 190 Å². The summed E-state index contributed by atoms with van der Waals surface area (Å²) in [5.41, 5.74) is 14.4. The first-order valence-electron chi connectivity index (χ1n) is 46.2. The number of nitrogens with one attached hydrogen (secondary N) is 3. The van der Waals surface area contributed by atoms with E-state index in [9.17, 15) is 47.9 Å². The number of aryl methyl sites for hydroxylation is 5. The molecule has 7 aliphatic heterocycles. The van der Waals surface area contributed by atoms with Crippen molar-refractivity contribution in [2.45, 2.75) is 172 Å². The summed E-state index contributed by atoms with van der Waals surface area (Å²) >= 11 is 7.42. The summed E-state index contributed by atoms with van der Waals surface area (Å²) in [7, 11) is 0. The quantitative estimate of drug-likeness (QED) is 0.0217. The second kappa shape index (κ2) is 50.8. The van der Waals surface area contributed by atoms with Crippen molar-refractivity contribution in [3.8, 4) is 0 Å². The van der Waals surface area contributed by atoms with E-state index >= 15 is 0 Å². The number of ether oxygens (including phenoxy) is 4. The normalized spacial score (nSPS) is 15.2. The van der Waals surface area contributed by atoms with Gasteiger partial charge in [0.05, 0.1) is 120 Å². The van der Waals surface area contributed by atoms with Crippen molar-refractivity contribution in [2.75, 3.05) is 59.2 Å². The Kier molecular flexibility index (Phi) is 38.9. The molecule has 15 aromatic rings. The average molecular weight is 2090 g/mol. The number of nitrogens with two attached hydrogens (primary N) is 1. The number of benzene rings is 5. The van der Waals surface area contributed by atoms with Crippen molar-refractivity contribution in [3.05, 3.63) is 261 Å². The molecule has 760 valence electrons. The van der Waals surface area contributed by atoms with Crippen LogP contribution in [0.15, 0.2) is 152 Å². The zero-order valence-electron chi connectivity index (χ0n) is 80.4. The van der Waals surface area contributed by atoms with Gasteiger partial charge in [0.1, 0.15) is 4.88 Å². The molecule has 7 aliphatic rings. The number of carbonyl (C=O) groups is 10. The molecule has 2 atom stereocenters. The molecule has 22 rings (SSSR count). The molecule has 45 heteroatoms. The van der Waals surface area contributed by atoms with Gasteiger partial charge >= 0.3 is 42.7 Å². The number of halogens is 1. The summed E-state index contributed by atoms with van der Waals surface area (Å²) < 4.78 is 34.7. The number of carbonyl (C=O) groups excluding carboxylic acids is 8. The van der Waals surface area contributed by atoms with Gasteiger partial charge in [0, 0.05) is 88.8 Å². The van der Waals surface area contributed by atoms with Gasteiger partial charge in [-0.3, -0.25) is 62.2 Å². The number of hydroxylamine groups is 2. The van der Waals surface area contributed by atoms with Crippen molar-refractivity contribution in [1.29, 1.82) is 0 Å². The van der Waals surface area contributed by atoms with Gasteiger partial charge in [-0.2, -0.15) is 25.5 Å². The number of nitrogens with zero attached hydrogens (tertiary/aromatic N) is 14. The first-order valence-corrected chi connectivity index (χ1v) is 50.3. The Morgan fingerprint density at radius 2 is 0.717 bits per heavy atom. The third kappa shape index (κ3) is 25.7. The Hall–Kier alpha value is -12.8. The number of aromatic nitrogens is 10. The molecular weight excluding hydrogens is 1980 g/mol. The van der Waals surface area contributed by atoms with Crippen LogP contribution in [0.4, 0.5) is 0 Å². The largest absolute Gasteiger partial charge is 1.00 e. The van der Waals surface area contributed by atoms with Crippen LogP contribution in [0.3, 0.4) is 0 Å². The minimum Gasteiger partial charge on any atom is -0.870 e. The molecule has 0 saturated carbocycles. The van der Waals surface area contributed by atoms with E-state index in [1.54, 1.807) is 78.2 Å². The maximum absolute atomic E-state index is 13.2. The Balaban J connectivity index is 0.000000154. The Morgan fingerprint density at radius 3 is 1.03 bits per heavy atom. The second-order valence-corrected chi connectivity index (χ2v) is 39.1. The standard InChI is InChI=1S/C22H24N4O4S.C19H19N3O3S.C17H16N4O3S.C17H15N3O3S.C10H8O2S.C9H13N3O2.C5H11NO2.CH4.ClH.Li.H2O/c1-14-16-6-2-3-7-18(16)31-20(14)22(28)25-9-10-26-15(13-25)12-17(23-26)21(27)24-30-19-8-4-5-11-29-19;1-3-25-19(24)15-10-13-11-21(8-9-22(13)20-15)18(23)17-12(2)14-6-4-5-7-16(14)26-17;1-10-12-4-2-3-5-14(12)25-15(10)17(23)20-6-7-21-11(9-20)8-13(18-21)16(22)19-24;1-10-12-4-2-3-5-14(12)24-15(10)16(21)19-6-7-20-11(9-19)8-13(18-20)17(22)23;1-6-7-4-2-3-5-8(7)13-9(6)10(11)12;1-2-14-9(13)8-5-7-6-10-3-4-12(7)11-8;6-8-5-3-1-2-4-7-5;;;;/h2-3,6-7,12,19H,4-5,8-11,13H2,1H3,(H,24,27);4-7,10H,3,8-9,11H2,1-2H3;2-5,8,24H,6-7,9H2,1H3,(H,19,22);2-5,8H,6-7,9H2,1H3,(H,22,23);2-5H,1H3,(H,11,12);5,10H,2-4,6H2,1H3;5H,1-4,6H2;1H4;1H;;1H2/q;;;;;;;;;+1;/p-1. The summed E-state index contributed by atoms with van der Waals surface area (Å²) in [5, 5.41) is 56.4. The van der Waals surface area contributed by atoms with E-state index in [1.807, 2.05) is 158 Å². The van der Waals surface area contributed by atoms with E-state index in [2.05, 4.69) is 53.3 Å². The van der Waals surface area contributed by atoms with Crippen LogP contribution < -0.4 is 41.0 Å². The number of hydrogen-bond acceptors (Lipinski definition) is 30. The van der Waals surface area contributed by atoms with Crippen molar-refractivity contribution < 1.29 is 116 Å². The number of carboxylic acid groups (broad SMARTS) is 2. The maximum Gasteiger partial charge on any atom is 1.00 e. The molecule has 2 unspecified atom stereocenters. The molecule has 5 aromatic carbocycles. The van der Waals surface area contributed by atoms with Gasteiger partial charge in [-0.1, -0.05) is 98.4 Å². The van der Waals surface area contributed by atoms with E-state index < -0.39 is 36.0 Å². The molecule has 10 aromatic heterocycles. The summed E-state index contributed by atoms with van der Waals surface area (Å²) in [6.45, 7) is 23.9. The topological polar surface area (TPSA) is 481 Å². The number of fused-ring (bicyclic) bond motifs is 10. The van der Waals surface area contributed by atoms with E-state index in [4.69, 9.17) is 45.1 Å². The Labute approximate surface area is 872 Å². The van der Waals surface area contributed by atoms with E-state index in [1.165, 1.54) is 63.1 Å². The molecule has 0 radical (unpaired) electrons. The predicted molar refractivity (Wildman–Crippen MR) is 547 cm³/mol. The van der Waals surface area contributed by atoms with Gasteiger partial charge in [0.15, 0.2) is 41.0 Å². The van der Waals surface area contributed by atoms with Crippen LogP contribution in [0.2, 0.25) is 0 Å². The van der Waals surface area contributed by atoms with Crippen LogP contribution in [-0.4, -0.2) is 220 Å². The van der Waals surface area contributed by atoms with Gasteiger partial charge < -0.3 is 59.6 Å². The molecule has 17 heterocycles. The fourth-order valence-corrected chi connectivity index (χ4v) is 23.0. The SMILES string of the molecule is C.CCOC(=O)c1cc2n(n1)CCN(C(=O)c1sc3ccccc3c1C)C2.CCOC(=O)c1cc2n(n1)CCNC2.Cc1c(C(=O)N2CCn3nc(C(=O)NO)cc3C2)sc2ccccc12.Cc1c(C(=O)N2CCn3nc(C(=O)NOC4CCCCO4)cc3C2)sc2ccccc12.Cc1c(C(=O)N2CCn3nc(C(=O)O)cc3C2)sc2ccccc12.Cc1c(C(=O)O)sc2ccccc12.Cl.NOC1CCCCO1.[Li+].[OH-]. The third-order valence-corrected chi connectivity index (χ3v) is 31.0. The number of aromatic carboxylic acids is 2. The Bertz CT molecular complexity index is 7160. The first kappa shape index (κ1) is 111. The van der Waals surface area contributed by atoms with E-state index in [0.717, 1.165) is 185 Å². The Morgan fingerprint density at radius 1 is 0.414 bits per heavy atom.